The molecule has 3 heterocycles. The van der Waals surface area contributed by atoms with Crippen LogP contribution in [0.2, 0.25) is 0 Å². The van der Waals surface area contributed by atoms with Crippen molar-refractivity contribution in [1.82, 2.24) is 19.7 Å². The van der Waals surface area contributed by atoms with Gasteiger partial charge in [0.05, 0.1) is 18.3 Å². The summed E-state index contributed by atoms with van der Waals surface area (Å²) in [5.74, 6) is 1.32. The van der Waals surface area contributed by atoms with Crippen LogP contribution in [0.5, 0.6) is 11.5 Å². The Morgan fingerprint density at radius 1 is 1.22 bits per heavy atom. The van der Waals surface area contributed by atoms with Gasteiger partial charge in [0.1, 0.15) is 6.61 Å². The first-order valence-electron chi connectivity index (χ1n) is 8.68. The number of hydrogen-bond donors (Lipinski definition) is 0. The zero-order chi connectivity index (χ0) is 18.8. The van der Waals surface area contributed by atoms with Gasteiger partial charge >= 0.3 is 0 Å². The van der Waals surface area contributed by atoms with E-state index in [0.717, 1.165) is 16.9 Å². The summed E-state index contributed by atoms with van der Waals surface area (Å²) in [6, 6.07) is 9.37. The lowest BCUT2D eigenvalue weighted by molar-refractivity contribution is 0.0520. The quantitative estimate of drug-likeness (QED) is 0.711. The van der Waals surface area contributed by atoms with E-state index >= 15 is 0 Å². The van der Waals surface area contributed by atoms with Crippen LogP contribution in [0.15, 0.2) is 55.1 Å². The lowest BCUT2D eigenvalue weighted by Crippen LogP contribution is -2.41. The number of amides is 1. The third kappa shape index (κ3) is 3.62. The van der Waals surface area contributed by atoms with Gasteiger partial charge in [0.15, 0.2) is 17.6 Å². The molecule has 0 fully saturated rings. The van der Waals surface area contributed by atoms with Crippen molar-refractivity contribution in [3.05, 3.63) is 60.7 Å². The van der Waals surface area contributed by atoms with E-state index in [1.807, 2.05) is 43.6 Å². The summed E-state index contributed by atoms with van der Waals surface area (Å²) in [6.07, 6.45) is 6.72. The molecule has 0 N–H and O–H groups in total. The van der Waals surface area contributed by atoms with Gasteiger partial charge in [-0.2, -0.15) is 5.10 Å². The van der Waals surface area contributed by atoms with Gasteiger partial charge in [-0.15, -0.1) is 0 Å². The second-order valence-electron chi connectivity index (χ2n) is 6.55. The largest absolute Gasteiger partial charge is 0.486 e. The number of hydrogen-bond acceptors (Lipinski definition) is 5. The summed E-state index contributed by atoms with van der Waals surface area (Å²) in [5.41, 5.74) is 2.30. The highest BCUT2D eigenvalue weighted by molar-refractivity contribution is 5.94. The summed E-state index contributed by atoms with van der Waals surface area (Å²) in [5, 5.41) is 4.16. The maximum atomic E-state index is 12.8. The van der Waals surface area contributed by atoms with E-state index in [1.54, 1.807) is 35.2 Å². The van der Waals surface area contributed by atoms with Crippen LogP contribution in [-0.2, 0) is 7.05 Å². The van der Waals surface area contributed by atoms with Crippen molar-refractivity contribution in [3.63, 3.8) is 0 Å². The van der Waals surface area contributed by atoms with Crippen molar-refractivity contribution in [2.24, 2.45) is 7.05 Å². The lowest BCUT2D eigenvalue weighted by Gasteiger charge is -2.29. The van der Waals surface area contributed by atoms with Gasteiger partial charge in [-0.05, 0) is 18.2 Å². The van der Waals surface area contributed by atoms with E-state index in [-0.39, 0.29) is 12.0 Å². The Balaban J connectivity index is 1.45. The molecule has 1 amide bonds. The Morgan fingerprint density at radius 2 is 2.04 bits per heavy atom. The van der Waals surface area contributed by atoms with Crippen molar-refractivity contribution < 1.29 is 14.3 Å². The normalized spacial score (nSPS) is 15.4. The molecule has 4 rings (SSSR count). The second-order valence-corrected chi connectivity index (χ2v) is 6.55. The first-order chi connectivity index (χ1) is 13.1. The molecule has 138 valence electrons. The highest BCUT2D eigenvalue weighted by atomic mass is 16.6. The maximum absolute atomic E-state index is 12.8. The van der Waals surface area contributed by atoms with Crippen molar-refractivity contribution in [3.8, 4) is 22.6 Å². The van der Waals surface area contributed by atoms with E-state index in [9.17, 15) is 4.79 Å². The van der Waals surface area contributed by atoms with Crippen molar-refractivity contribution >= 4 is 5.91 Å². The Morgan fingerprint density at radius 3 is 2.81 bits per heavy atom. The number of fused-ring (bicyclic) bond motifs is 1. The molecule has 0 aliphatic carbocycles. The zero-order valence-electron chi connectivity index (χ0n) is 15.2. The molecule has 1 aliphatic rings. The molecule has 1 atom stereocenters. The van der Waals surface area contributed by atoms with Crippen molar-refractivity contribution in [2.45, 2.75) is 6.10 Å². The molecule has 0 spiro atoms. The third-order valence-corrected chi connectivity index (χ3v) is 4.42. The average molecular weight is 364 g/mol. The van der Waals surface area contributed by atoms with E-state index in [0.29, 0.717) is 24.5 Å². The fourth-order valence-corrected chi connectivity index (χ4v) is 3.05. The van der Waals surface area contributed by atoms with Crippen LogP contribution in [-0.4, -0.2) is 51.9 Å². The number of pyridine rings is 1. The highest BCUT2D eigenvalue weighted by Gasteiger charge is 2.24. The minimum atomic E-state index is -0.219. The van der Waals surface area contributed by atoms with Gasteiger partial charge in [0, 0.05) is 43.8 Å². The summed E-state index contributed by atoms with van der Waals surface area (Å²) < 4.78 is 13.4. The molecule has 0 unspecified atom stereocenters. The maximum Gasteiger partial charge on any atom is 0.255 e. The molecule has 1 aromatic carbocycles. The van der Waals surface area contributed by atoms with Gasteiger partial charge in [-0.1, -0.05) is 12.1 Å². The Kier molecular flexibility index (Phi) is 4.50. The van der Waals surface area contributed by atoms with E-state index in [1.165, 1.54) is 0 Å². The number of carbonyl (C=O) groups is 1. The molecule has 27 heavy (non-hydrogen) atoms. The van der Waals surface area contributed by atoms with Gasteiger partial charge in [-0.3, -0.25) is 14.5 Å². The minimum absolute atomic E-state index is 0.115. The van der Waals surface area contributed by atoms with Gasteiger partial charge in [-0.25, -0.2) is 0 Å². The van der Waals surface area contributed by atoms with Crippen molar-refractivity contribution in [2.75, 3.05) is 20.2 Å². The van der Waals surface area contributed by atoms with Gasteiger partial charge in [0.25, 0.3) is 5.91 Å². The molecule has 0 saturated heterocycles. The van der Waals surface area contributed by atoms with Crippen LogP contribution in [0, 0.1) is 0 Å². The van der Waals surface area contributed by atoms with Crippen LogP contribution >= 0.6 is 0 Å². The topological polar surface area (TPSA) is 69.5 Å². The number of para-hydroxylation sites is 2. The monoisotopic (exact) mass is 364 g/mol. The fourth-order valence-electron chi connectivity index (χ4n) is 3.05. The number of aromatic nitrogens is 3. The third-order valence-electron chi connectivity index (χ3n) is 4.42. The number of carbonyl (C=O) groups excluding carboxylic acids is 1. The molecular formula is C20H20N4O3. The van der Waals surface area contributed by atoms with Crippen LogP contribution in [0.4, 0.5) is 0 Å². The zero-order valence-corrected chi connectivity index (χ0v) is 15.2. The summed E-state index contributed by atoms with van der Waals surface area (Å²) in [4.78, 5) is 18.7. The van der Waals surface area contributed by atoms with Crippen molar-refractivity contribution in [1.29, 1.82) is 0 Å². The number of rotatable bonds is 4. The molecule has 7 heteroatoms. The molecule has 0 saturated carbocycles. The minimum Gasteiger partial charge on any atom is -0.486 e. The molecule has 2 aromatic heterocycles. The van der Waals surface area contributed by atoms with Crippen LogP contribution < -0.4 is 9.47 Å². The number of benzene rings is 1. The summed E-state index contributed by atoms with van der Waals surface area (Å²) in [6.45, 7) is 0.826. The van der Waals surface area contributed by atoms with E-state index < -0.39 is 0 Å². The number of ether oxygens (including phenoxy) is 2. The van der Waals surface area contributed by atoms with Crippen LogP contribution in [0.1, 0.15) is 10.4 Å². The predicted molar refractivity (Wildman–Crippen MR) is 99.8 cm³/mol. The van der Waals surface area contributed by atoms with Crippen LogP contribution in [0.3, 0.4) is 0 Å². The van der Waals surface area contributed by atoms with Crippen LogP contribution in [0.25, 0.3) is 11.1 Å². The van der Waals surface area contributed by atoms with Gasteiger partial charge < -0.3 is 14.4 Å². The summed E-state index contributed by atoms with van der Waals surface area (Å²) in [7, 11) is 3.60. The van der Waals surface area contributed by atoms with Gasteiger partial charge in [0.2, 0.25) is 0 Å². The molecule has 0 radical (unpaired) electrons. The first kappa shape index (κ1) is 17.1. The molecule has 7 nitrogen and oxygen atoms in total. The van der Waals surface area contributed by atoms with E-state index in [4.69, 9.17) is 9.47 Å². The molecule has 1 aliphatic heterocycles. The number of likely N-dealkylation sites (N-methyl/N-ethyl adjacent to an activating group) is 1. The number of nitrogens with zero attached hydrogens (tertiary/aromatic N) is 4. The fraction of sp³-hybridized carbons (Fsp3) is 0.250. The summed E-state index contributed by atoms with van der Waals surface area (Å²) >= 11 is 0. The molecule has 3 aromatic rings. The van der Waals surface area contributed by atoms with E-state index in [2.05, 4.69) is 10.1 Å². The SMILES string of the molecule is CN(C[C@H]1COc2ccccc2O1)C(=O)c1cncc(-c2cnn(C)c2)c1. The molecular weight excluding hydrogens is 344 g/mol. The number of aryl methyl sites for hydroxylation is 1. The smallest absolute Gasteiger partial charge is 0.255 e. The Labute approximate surface area is 157 Å². The highest BCUT2D eigenvalue weighted by Crippen LogP contribution is 2.31. The lowest BCUT2D eigenvalue weighted by atomic mass is 10.1. The molecule has 0 bridgehead atoms. The Bertz CT molecular complexity index is 969. The second kappa shape index (κ2) is 7.11. The average Bonchev–Trinajstić information content (AvgIpc) is 3.14. The standard InChI is InChI=1S/C20H20N4O3/c1-23(12-17-13-26-18-5-3-4-6-19(18)27-17)20(25)15-7-14(8-21-9-15)16-10-22-24(2)11-16/h3-11,17H,12-13H2,1-2H3/t17-/m0/s1. The Hall–Kier alpha value is -3.35. The first-order valence-corrected chi connectivity index (χ1v) is 8.68. The predicted octanol–water partition coefficient (Wildman–Crippen LogP) is 2.39.